The quantitative estimate of drug-likeness (QED) is 0.346. The highest BCUT2D eigenvalue weighted by molar-refractivity contribution is 7.22. The van der Waals surface area contributed by atoms with Gasteiger partial charge in [-0.3, -0.25) is 4.79 Å². The van der Waals surface area contributed by atoms with Crippen molar-refractivity contribution in [3.63, 3.8) is 0 Å². The van der Waals surface area contributed by atoms with Gasteiger partial charge in [-0.1, -0.05) is 11.3 Å². The Balaban J connectivity index is 1.57. The molecule has 168 valence electrons. The van der Waals surface area contributed by atoms with Crippen LogP contribution >= 0.6 is 11.3 Å². The summed E-state index contributed by atoms with van der Waals surface area (Å²) in [4.78, 5) is 21.3. The van der Waals surface area contributed by atoms with Gasteiger partial charge in [0.05, 0.1) is 32.9 Å². The first kappa shape index (κ1) is 22.2. The van der Waals surface area contributed by atoms with Crippen LogP contribution in [-0.4, -0.2) is 31.5 Å². The summed E-state index contributed by atoms with van der Waals surface area (Å²) in [5, 5.41) is 12.8. The maximum atomic E-state index is 13.0. The molecule has 32 heavy (non-hydrogen) atoms. The first-order chi connectivity index (χ1) is 15.1. The Hall–Kier alpha value is -2.98. The predicted molar refractivity (Wildman–Crippen MR) is 118 cm³/mol. The molecule has 2 N–H and O–H groups in total. The van der Waals surface area contributed by atoms with E-state index in [1.165, 1.54) is 6.07 Å². The summed E-state index contributed by atoms with van der Waals surface area (Å²) in [7, 11) is 1.80. The van der Waals surface area contributed by atoms with E-state index in [9.17, 15) is 23.1 Å². The van der Waals surface area contributed by atoms with Gasteiger partial charge in [0.25, 0.3) is 0 Å². The van der Waals surface area contributed by atoms with E-state index in [0.29, 0.717) is 51.6 Å². The normalized spacial score (nSPS) is 13.1. The van der Waals surface area contributed by atoms with Crippen molar-refractivity contribution in [1.29, 1.82) is 0 Å². The second-order valence-electron chi connectivity index (χ2n) is 7.69. The standard InChI is InChI=1S/C22H21F3N4O2S/c1-12(30)4-3-5-18(31)13-6-9-17-16(10-13)26-20(29(17)2)28-21-27-15-8-7-14(22(23,24)25)11-19(15)32-21/h6-12,30H,3-5H2,1-2H3,(H,26,27,28). The molecule has 4 rings (SSSR count). The van der Waals surface area contributed by atoms with E-state index in [0.717, 1.165) is 29.0 Å². The number of rotatable bonds is 7. The number of imidazole rings is 1. The first-order valence-corrected chi connectivity index (χ1v) is 10.9. The van der Waals surface area contributed by atoms with Crippen molar-refractivity contribution in [3.8, 4) is 0 Å². The van der Waals surface area contributed by atoms with Crippen LogP contribution in [0.25, 0.3) is 21.3 Å². The van der Waals surface area contributed by atoms with Crippen LogP contribution < -0.4 is 5.32 Å². The number of aryl methyl sites for hydroxylation is 1. The third-order valence-corrected chi connectivity index (χ3v) is 6.10. The van der Waals surface area contributed by atoms with Gasteiger partial charge in [0.15, 0.2) is 10.9 Å². The van der Waals surface area contributed by atoms with Gasteiger partial charge >= 0.3 is 6.18 Å². The number of benzene rings is 2. The molecule has 10 heteroatoms. The maximum absolute atomic E-state index is 13.0. The monoisotopic (exact) mass is 462 g/mol. The maximum Gasteiger partial charge on any atom is 0.416 e. The van der Waals surface area contributed by atoms with Crippen LogP contribution in [0.15, 0.2) is 36.4 Å². The van der Waals surface area contributed by atoms with Gasteiger partial charge in [-0.2, -0.15) is 13.2 Å². The number of fused-ring (bicyclic) bond motifs is 2. The Morgan fingerprint density at radius 3 is 2.69 bits per heavy atom. The number of ketones is 1. The number of Topliss-reactive ketones (excluding diaryl/α,β-unsaturated/α-hetero) is 1. The summed E-state index contributed by atoms with van der Waals surface area (Å²) in [6, 6.07) is 8.73. The first-order valence-electron chi connectivity index (χ1n) is 10.0. The highest BCUT2D eigenvalue weighted by Crippen LogP contribution is 2.35. The molecule has 2 aromatic heterocycles. The van der Waals surface area contributed by atoms with Crippen LogP contribution in [0.5, 0.6) is 0 Å². The Labute approximate surface area is 185 Å². The van der Waals surface area contributed by atoms with E-state index < -0.39 is 17.8 Å². The average molecular weight is 462 g/mol. The lowest BCUT2D eigenvalue weighted by Gasteiger charge is -2.04. The van der Waals surface area contributed by atoms with Crippen molar-refractivity contribution in [3.05, 3.63) is 47.5 Å². The smallest absolute Gasteiger partial charge is 0.393 e. The molecule has 0 bridgehead atoms. The lowest BCUT2D eigenvalue weighted by Crippen LogP contribution is -2.03. The molecule has 0 fully saturated rings. The number of hydrogen-bond acceptors (Lipinski definition) is 6. The Kier molecular flexibility index (Phi) is 5.91. The fourth-order valence-electron chi connectivity index (χ4n) is 3.44. The van der Waals surface area contributed by atoms with Crippen LogP contribution in [0, 0.1) is 0 Å². The number of nitrogens with zero attached hydrogens (tertiary/aromatic N) is 3. The summed E-state index contributed by atoms with van der Waals surface area (Å²) < 4.78 is 41.1. The number of nitrogens with one attached hydrogen (secondary N) is 1. The molecule has 1 atom stereocenters. The topological polar surface area (TPSA) is 80.0 Å². The Morgan fingerprint density at radius 1 is 1.19 bits per heavy atom. The van der Waals surface area contributed by atoms with Crippen molar-refractivity contribution in [2.45, 2.75) is 38.5 Å². The van der Waals surface area contributed by atoms with Crippen molar-refractivity contribution in [2.75, 3.05) is 5.32 Å². The highest BCUT2D eigenvalue weighted by atomic mass is 32.1. The molecule has 0 radical (unpaired) electrons. The third kappa shape index (κ3) is 4.61. The third-order valence-electron chi connectivity index (χ3n) is 5.16. The summed E-state index contributed by atoms with van der Waals surface area (Å²) in [5.74, 6) is 0.452. The fraction of sp³-hybridized carbons (Fsp3) is 0.318. The molecular formula is C22H21F3N4O2S. The van der Waals surface area contributed by atoms with Crippen molar-refractivity contribution in [1.82, 2.24) is 14.5 Å². The number of hydrogen-bond donors (Lipinski definition) is 2. The molecule has 0 saturated heterocycles. The molecule has 6 nitrogen and oxygen atoms in total. The minimum absolute atomic E-state index is 0.0145. The molecule has 0 aliphatic carbocycles. The summed E-state index contributed by atoms with van der Waals surface area (Å²) >= 11 is 1.11. The van der Waals surface area contributed by atoms with E-state index in [1.54, 1.807) is 30.7 Å². The number of aliphatic hydroxyl groups is 1. The molecule has 0 spiro atoms. The second kappa shape index (κ2) is 8.51. The minimum atomic E-state index is -4.41. The van der Waals surface area contributed by atoms with Gasteiger partial charge in [-0.05, 0) is 56.2 Å². The zero-order valence-electron chi connectivity index (χ0n) is 17.4. The number of aliphatic hydroxyl groups excluding tert-OH is 1. The predicted octanol–water partition coefficient (Wildman–Crippen LogP) is 5.68. The number of carbonyl (C=O) groups excluding carboxylic acids is 1. The van der Waals surface area contributed by atoms with Gasteiger partial charge in [-0.15, -0.1) is 0 Å². The Bertz CT molecular complexity index is 1290. The van der Waals surface area contributed by atoms with Crippen molar-refractivity contribution >= 4 is 49.4 Å². The molecular weight excluding hydrogens is 441 g/mol. The lowest BCUT2D eigenvalue weighted by atomic mass is 10.0. The second-order valence-corrected chi connectivity index (χ2v) is 8.72. The molecule has 2 heterocycles. The van der Waals surface area contributed by atoms with E-state index in [4.69, 9.17) is 0 Å². The van der Waals surface area contributed by atoms with Gasteiger partial charge in [0.1, 0.15) is 0 Å². The molecule has 0 aliphatic rings. The van der Waals surface area contributed by atoms with Gasteiger partial charge in [-0.25, -0.2) is 9.97 Å². The number of thiazole rings is 1. The minimum Gasteiger partial charge on any atom is -0.393 e. The zero-order valence-corrected chi connectivity index (χ0v) is 18.2. The van der Waals surface area contributed by atoms with Crippen LogP contribution in [0.1, 0.15) is 42.1 Å². The number of aromatic nitrogens is 3. The highest BCUT2D eigenvalue weighted by Gasteiger charge is 2.30. The molecule has 0 amide bonds. The van der Waals surface area contributed by atoms with Crippen LogP contribution in [-0.2, 0) is 13.2 Å². The molecule has 0 aliphatic heterocycles. The summed E-state index contributed by atoms with van der Waals surface area (Å²) in [6.07, 6.45) is -3.32. The van der Waals surface area contributed by atoms with Gasteiger partial charge in [0.2, 0.25) is 5.95 Å². The average Bonchev–Trinajstić information content (AvgIpc) is 3.26. The molecule has 4 aromatic rings. The summed E-state index contributed by atoms with van der Waals surface area (Å²) in [6.45, 7) is 1.69. The number of carbonyl (C=O) groups is 1. The van der Waals surface area contributed by atoms with Gasteiger partial charge < -0.3 is 15.0 Å². The van der Waals surface area contributed by atoms with Gasteiger partial charge in [0, 0.05) is 19.0 Å². The molecule has 0 saturated carbocycles. The SMILES string of the molecule is CC(O)CCCC(=O)c1ccc2c(c1)nc(Nc1nc3ccc(C(F)(F)F)cc3s1)n2C. The zero-order chi connectivity index (χ0) is 23.0. The van der Waals surface area contributed by atoms with Crippen LogP contribution in [0.3, 0.4) is 0 Å². The number of alkyl halides is 3. The Morgan fingerprint density at radius 2 is 1.97 bits per heavy atom. The number of halogens is 3. The van der Waals surface area contributed by atoms with E-state index in [-0.39, 0.29) is 5.78 Å². The van der Waals surface area contributed by atoms with Crippen LogP contribution in [0.4, 0.5) is 24.3 Å². The lowest BCUT2D eigenvalue weighted by molar-refractivity contribution is -0.137. The largest absolute Gasteiger partial charge is 0.416 e. The fourth-order valence-corrected chi connectivity index (χ4v) is 4.34. The molecule has 2 aromatic carbocycles. The van der Waals surface area contributed by atoms with Crippen molar-refractivity contribution in [2.24, 2.45) is 7.05 Å². The van der Waals surface area contributed by atoms with E-state index in [1.807, 2.05) is 6.07 Å². The van der Waals surface area contributed by atoms with Crippen LogP contribution in [0.2, 0.25) is 0 Å². The summed E-state index contributed by atoms with van der Waals surface area (Å²) in [5.41, 5.74) is 1.72. The van der Waals surface area contributed by atoms with E-state index in [2.05, 4.69) is 15.3 Å². The van der Waals surface area contributed by atoms with E-state index >= 15 is 0 Å². The number of anilines is 2. The molecule has 1 unspecified atom stereocenters. The van der Waals surface area contributed by atoms with Crippen molar-refractivity contribution < 1.29 is 23.1 Å².